The molecule has 1 atom stereocenters. The van der Waals surface area contributed by atoms with Crippen LogP contribution < -0.4 is 20.7 Å². The molecule has 154 valence electrons. The average Bonchev–Trinajstić information content (AvgIpc) is 3.04. The quantitative estimate of drug-likeness (QED) is 0.665. The van der Waals surface area contributed by atoms with E-state index >= 15 is 0 Å². The first-order chi connectivity index (χ1) is 13.9. The molecule has 0 spiro atoms. The zero-order valence-electron chi connectivity index (χ0n) is 16.0. The summed E-state index contributed by atoms with van der Waals surface area (Å²) in [5.74, 6) is 0.513. The van der Waals surface area contributed by atoms with Crippen molar-refractivity contribution in [2.24, 2.45) is 0 Å². The van der Waals surface area contributed by atoms with E-state index in [1.165, 1.54) is 0 Å². The predicted octanol–water partition coefficient (Wildman–Crippen LogP) is 1.93. The van der Waals surface area contributed by atoms with E-state index in [-0.39, 0.29) is 23.5 Å². The Kier molecular flexibility index (Phi) is 6.38. The lowest BCUT2D eigenvalue weighted by Crippen LogP contribution is -2.38. The van der Waals surface area contributed by atoms with E-state index < -0.39 is 15.9 Å². The van der Waals surface area contributed by atoms with Gasteiger partial charge in [-0.2, -0.15) is 0 Å². The van der Waals surface area contributed by atoms with Crippen LogP contribution in [0.2, 0.25) is 0 Å². The molecule has 8 nitrogen and oxygen atoms in total. The standard InChI is InChI=1S/C20H23N3O5S/c1-28-18-5-3-2-4-15(18)12-21-19(24)14-6-8-16(9-7-14)22-20(25)23-17-10-11-29(26,27)13-17/h2-9,17H,10-13H2,1H3,(H,21,24)(H2,22,23,25). The Morgan fingerprint density at radius 2 is 1.83 bits per heavy atom. The van der Waals surface area contributed by atoms with Crippen LogP contribution in [0.5, 0.6) is 5.75 Å². The maximum absolute atomic E-state index is 12.3. The summed E-state index contributed by atoms with van der Waals surface area (Å²) in [5, 5.41) is 8.12. The highest BCUT2D eigenvalue weighted by atomic mass is 32.2. The molecule has 9 heteroatoms. The van der Waals surface area contributed by atoms with Crippen molar-refractivity contribution in [3.63, 3.8) is 0 Å². The molecule has 2 aromatic carbocycles. The van der Waals surface area contributed by atoms with Crippen LogP contribution in [0.1, 0.15) is 22.3 Å². The molecule has 1 aliphatic rings. The number of nitrogens with one attached hydrogen (secondary N) is 3. The number of carbonyl (C=O) groups is 2. The van der Waals surface area contributed by atoms with Crippen LogP contribution in [0.25, 0.3) is 0 Å². The summed E-state index contributed by atoms with van der Waals surface area (Å²) in [6.07, 6.45) is 0.418. The Morgan fingerprint density at radius 3 is 2.48 bits per heavy atom. The van der Waals surface area contributed by atoms with E-state index in [1.54, 1.807) is 31.4 Å². The molecule has 0 bridgehead atoms. The normalized spacial score (nSPS) is 17.3. The highest BCUT2D eigenvalue weighted by Gasteiger charge is 2.28. The number of urea groups is 1. The van der Waals surface area contributed by atoms with Crippen molar-refractivity contribution >= 4 is 27.5 Å². The molecular formula is C20H23N3O5S. The van der Waals surface area contributed by atoms with Gasteiger partial charge in [0.2, 0.25) is 0 Å². The van der Waals surface area contributed by atoms with E-state index in [4.69, 9.17) is 4.74 Å². The van der Waals surface area contributed by atoms with Crippen molar-refractivity contribution in [3.05, 3.63) is 59.7 Å². The predicted molar refractivity (Wildman–Crippen MR) is 110 cm³/mol. The monoisotopic (exact) mass is 417 g/mol. The topological polar surface area (TPSA) is 114 Å². The Hall–Kier alpha value is -3.07. The van der Waals surface area contributed by atoms with Gasteiger partial charge in [-0.15, -0.1) is 0 Å². The summed E-state index contributed by atoms with van der Waals surface area (Å²) in [5.41, 5.74) is 1.82. The van der Waals surface area contributed by atoms with E-state index in [1.807, 2.05) is 24.3 Å². The lowest BCUT2D eigenvalue weighted by atomic mass is 10.1. The van der Waals surface area contributed by atoms with Gasteiger partial charge in [-0.05, 0) is 36.8 Å². The van der Waals surface area contributed by atoms with Crippen LogP contribution in [0.4, 0.5) is 10.5 Å². The number of ether oxygens (including phenoxy) is 1. The summed E-state index contributed by atoms with van der Waals surface area (Å²) in [7, 11) is -1.48. The van der Waals surface area contributed by atoms with Gasteiger partial charge in [0, 0.05) is 29.4 Å². The molecule has 1 unspecified atom stereocenters. The zero-order valence-corrected chi connectivity index (χ0v) is 16.8. The second kappa shape index (κ2) is 8.95. The molecule has 3 N–H and O–H groups in total. The summed E-state index contributed by atoms with van der Waals surface area (Å²) in [6.45, 7) is 0.329. The second-order valence-corrected chi connectivity index (χ2v) is 9.00. The molecule has 0 aromatic heterocycles. The Balaban J connectivity index is 1.51. The molecule has 0 saturated carbocycles. The van der Waals surface area contributed by atoms with Gasteiger partial charge in [0.05, 0.1) is 18.6 Å². The highest BCUT2D eigenvalue weighted by molar-refractivity contribution is 7.91. The Morgan fingerprint density at radius 1 is 1.10 bits per heavy atom. The fourth-order valence-corrected chi connectivity index (χ4v) is 4.77. The van der Waals surface area contributed by atoms with Crippen LogP contribution >= 0.6 is 0 Å². The van der Waals surface area contributed by atoms with Crippen LogP contribution in [0.15, 0.2) is 48.5 Å². The average molecular weight is 417 g/mol. The van der Waals surface area contributed by atoms with Gasteiger partial charge in [0.25, 0.3) is 5.91 Å². The third-order valence-electron chi connectivity index (χ3n) is 4.60. The van der Waals surface area contributed by atoms with Gasteiger partial charge in [-0.3, -0.25) is 4.79 Å². The van der Waals surface area contributed by atoms with Gasteiger partial charge in [-0.25, -0.2) is 13.2 Å². The van der Waals surface area contributed by atoms with Gasteiger partial charge < -0.3 is 20.7 Å². The Labute approximate surface area is 169 Å². The van der Waals surface area contributed by atoms with E-state index in [0.717, 1.165) is 5.56 Å². The number of methoxy groups -OCH3 is 1. The summed E-state index contributed by atoms with van der Waals surface area (Å²) >= 11 is 0. The fraction of sp³-hybridized carbons (Fsp3) is 0.300. The lowest BCUT2D eigenvalue weighted by Gasteiger charge is -2.12. The minimum absolute atomic E-state index is 0.0360. The van der Waals surface area contributed by atoms with Crippen molar-refractivity contribution < 1.29 is 22.7 Å². The van der Waals surface area contributed by atoms with Crippen LogP contribution in [0.3, 0.4) is 0 Å². The molecule has 0 aliphatic carbocycles. The first-order valence-electron chi connectivity index (χ1n) is 9.14. The van der Waals surface area contributed by atoms with Crippen molar-refractivity contribution in [2.45, 2.75) is 19.0 Å². The number of hydrogen-bond acceptors (Lipinski definition) is 5. The maximum Gasteiger partial charge on any atom is 0.319 e. The molecule has 1 saturated heterocycles. The summed E-state index contributed by atoms with van der Waals surface area (Å²) in [4.78, 5) is 24.3. The minimum Gasteiger partial charge on any atom is -0.496 e. The lowest BCUT2D eigenvalue weighted by molar-refractivity contribution is 0.0950. The van der Waals surface area contributed by atoms with Crippen molar-refractivity contribution in [2.75, 3.05) is 23.9 Å². The molecule has 3 rings (SSSR count). The number of rotatable bonds is 6. The maximum atomic E-state index is 12.3. The first-order valence-corrected chi connectivity index (χ1v) is 11.0. The Bertz CT molecular complexity index is 989. The van der Waals surface area contributed by atoms with E-state index in [0.29, 0.717) is 30.0 Å². The van der Waals surface area contributed by atoms with E-state index in [2.05, 4.69) is 16.0 Å². The van der Waals surface area contributed by atoms with Crippen LogP contribution in [-0.2, 0) is 16.4 Å². The van der Waals surface area contributed by atoms with Gasteiger partial charge in [0.15, 0.2) is 9.84 Å². The molecule has 1 fully saturated rings. The van der Waals surface area contributed by atoms with Crippen molar-refractivity contribution in [1.82, 2.24) is 10.6 Å². The molecule has 0 radical (unpaired) electrons. The van der Waals surface area contributed by atoms with E-state index in [9.17, 15) is 18.0 Å². The van der Waals surface area contributed by atoms with Crippen LogP contribution in [-0.4, -0.2) is 45.0 Å². The molecule has 2 aromatic rings. The molecule has 29 heavy (non-hydrogen) atoms. The second-order valence-electron chi connectivity index (χ2n) is 6.77. The summed E-state index contributed by atoms with van der Waals surface area (Å²) in [6, 6.07) is 13.0. The van der Waals surface area contributed by atoms with Crippen molar-refractivity contribution in [1.29, 1.82) is 0 Å². The molecule has 1 aliphatic heterocycles. The number of amides is 3. The number of benzene rings is 2. The number of anilines is 1. The smallest absolute Gasteiger partial charge is 0.319 e. The van der Waals surface area contributed by atoms with Gasteiger partial charge >= 0.3 is 6.03 Å². The largest absolute Gasteiger partial charge is 0.496 e. The number of carbonyl (C=O) groups excluding carboxylic acids is 2. The number of sulfone groups is 1. The zero-order chi connectivity index (χ0) is 20.9. The van der Waals surface area contributed by atoms with Gasteiger partial charge in [0.1, 0.15) is 5.75 Å². The van der Waals surface area contributed by atoms with Crippen molar-refractivity contribution in [3.8, 4) is 5.75 Å². The molecular weight excluding hydrogens is 394 g/mol. The third-order valence-corrected chi connectivity index (χ3v) is 6.37. The minimum atomic E-state index is -3.05. The number of para-hydroxylation sites is 1. The van der Waals surface area contributed by atoms with Crippen LogP contribution in [0, 0.1) is 0 Å². The first kappa shape index (κ1) is 20.7. The number of hydrogen-bond donors (Lipinski definition) is 3. The molecule has 1 heterocycles. The SMILES string of the molecule is COc1ccccc1CNC(=O)c1ccc(NC(=O)NC2CCS(=O)(=O)C2)cc1. The summed E-state index contributed by atoms with van der Waals surface area (Å²) < 4.78 is 28.2. The highest BCUT2D eigenvalue weighted by Crippen LogP contribution is 2.17. The van der Waals surface area contributed by atoms with Gasteiger partial charge in [-0.1, -0.05) is 18.2 Å². The molecule has 3 amide bonds. The fourth-order valence-electron chi connectivity index (χ4n) is 3.09. The third kappa shape index (κ3) is 5.71.